The number of nitrogens with zero attached hydrogens (tertiary/aromatic N) is 2. The summed E-state index contributed by atoms with van der Waals surface area (Å²) in [6.07, 6.45) is 19.0. The molecule has 0 aromatic rings. The molecule has 0 spiro atoms. The van der Waals surface area contributed by atoms with Gasteiger partial charge in [0.05, 0.1) is 11.8 Å². The predicted octanol–water partition coefficient (Wildman–Crippen LogP) is 6.64. The van der Waals surface area contributed by atoms with E-state index in [1.54, 1.807) is 0 Å². The summed E-state index contributed by atoms with van der Waals surface area (Å²) < 4.78 is 11.3. The van der Waals surface area contributed by atoms with E-state index >= 15 is 0 Å². The first-order chi connectivity index (χ1) is 19.3. The van der Waals surface area contributed by atoms with Crippen LogP contribution in [-0.2, 0) is 19.1 Å². The van der Waals surface area contributed by atoms with Gasteiger partial charge in [-0.2, -0.15) is 0 Å². The topological polar surface area (TPSA) is 59.1 Å². The lowest BCUT2D eigenvalue weighted by Crippen LogP contribution is -2.48. The van der Waals surface area contributed by atoms with Crippen molar-refractivity contribution < 1.29 is 19.1 Å². The van der Waals surface area contributed by atoms with Crippen LogP contribution in [0, 0.1) is 11.8 Å². The number of piperazine rings is 1. The number of rotatable bonds is 14. The Labute approximate surface area is 243 Å². The van der Waals surface area contributed by atoms with Crippen molar-refractivity contribution in [1.82, 2.24) is 9.80 Å². The molecule has 2 aliphatic carbocycles. The molecule has 3 aliphatic rings. The third kappa shape index (κ3) is 12.1. The Morgan fingerprint density at radius 3 is 1.45 bits per heavy atom. The summed E-state index contributed by atoms with van der Waals surface area (Å²) in [5.74, 6) is -0.0288. The molecule has 1 fully saturated rings. The zero-order chi connectivity index (χ0) is 28.7. The summed E-state index contributed by atoms with van der Waals surface area (Å²) in [4.78, 5) is 29.8. The fourth-order valence-corrected chi connectivity index (χ4v) is 5.77. The molecule has 1 aliphatic heterocycles. The first kappa shape index (κ1) is 32.3. The van der Waals surface area contributed by atoms with Crippen molar-refractivity contribution in [2.75, 3.05) is 52.5 Å². The molecule has 0 N–H and O–H groups in total. The van der Waals surface area contributed by atoms with Gasteiger partial charge in [-0.25, -0.2) is 0 Å². The van der Waals surface area contributed by atoms with E-state index < -0.39 is 0 Å². The van der Waals surface area contributed by atoms with Gasteiger partial charge in [0.1, 0.15) is 13.2 Å². The van der Waals surface area contributed by atoms with Crippen LogP contribution in [-0.4, -0.2) is 74.2 Å². The van der Waals surface area contributed by atoms with Gasteiger partial charge in [0, 0.05) is 39.3 Å². The lowest BCUT2D eigenvalue weighted by atomic mass is 9.88. The van der Waals surface area contributed by atoms with Crippen LogP contribution in [0.4, 0.5) is 0 Å². The molecule has 0 saturated carbocycles. The van der Waals surface area contributed by atoms with Crippen LogP contribution in [0.1, 0.15) is 91.9 Å². The molecule has 224 valence electrons. The van der Waals surface area contributed by atoms with E-state index in [4.69, 9.17) is 9.47 Å². The van der Waals surface area contributed by atoms with E-state index in [0.29, 0.717) is 13.2 Å². The summed E-state index contributed by atoms with van der Waals surface area (Å²) in [7, 11) is 0. The summed E-state index contributed by atoms with van der Waals surface area (Å²) in [6, 6.07) is 0. The maximum Gasteiger partial charge on any atom is 0.309 e. The summed E-state index contributed by atoms with van der Waals surface area (Å²) in [5, 5.41) is 0. The largest absolute Gasteiger partial charge is 0.464 e. The van der Waals surface area contributed by atoms with Crippen molar-refractivity contribution >= 4 is 11.9 Å². The minimum Gasteiger partial charge on any atom is -0.464 e. The van der Waals surface area contributed by atoms with Crippen molar-refractivity contribution in [3.8, 4) is 0 Å². The van der Waals surface area contributed by atoms with Gasteiger partial charge in [-0.15, -0.1) is 0 Å². The van der Waals surface area contributed by atoms with Gasteiger partial charge < -0.3 is 9.47 Å². The number of allylic oxidation sites excluding steroid dienone is 8. The van der Waals surface area contributed by atoms with Gasteiger partial charge in [0.2, 0.25) is 0 Å². The molecule has 0 bridgehead atoms. The monoisotopic (exact) mass is 554 g/mol. The van der Waals surface area contributed by atoms with Crippen LogP contribution in [0.5, 0.6) is 0 Å². The van der Waals surface area contributed by atoms with E-state index in [2.05, 4.69) is 61.8 Å². The SMILES string of the molecule is CC(C)=CCCC1=CCC(C(=O)OCCN2CCN(CCOC(=O)C3CC=C(CCC=C(C)C)CC3)CC2)CC1. The molecule has 0 aromatic heterocycles. The lowest BCUT2D eigenvalue weighted by molar-refractivity contribution is -0.150. The van der Waals surface area contributed by atoms with Gasteiger partial charge >= 0.3 is 11.9 Å². The van der Waals surface area contributed by atoms with E-state index in [1.807, 2.05) is 0 Å². The molecule has 2 atom stereocenters. The summed E-state index contributed by atoms with van der Waals surface area (Å²) in [5.41, 5.74) is 5.71. The third-order valence-corrected chi connectivity index (χ3v) is 8.48. The van der Waals surface area contributed by atoms with Gasteiger partial charge in [-0.3, -0.25) is 19.4 Å². The van der Waals surface area contributed by atoms with E-state index in [0.717, 1.165) is 103 Å². The summed E-state index contributed by atoms with van der Waals surface area (Å²) >= 11 is 0. The molecule has 0 amide bonds. The van der Waals surface area contributed by atoms with Gasteiger partial charge in [-0.1, -0.05) is 46.6 Å². The van der Waals surface area contributed by atoms with Crippen molar-refractivity contribution in [1.29, 1.82) is 0 Å². The summed E-state index contributed by atoms with van der Waals surface area (Å²) in [6.45, 7) is 14.9. The Morgan fingerprint density at radius 1 is 0.725 bits per heavy atom. The van der Waals surface area contributed by atoms with Crippen LogP contribution in [0.3, 0.4) is 0 Å². The second-order valence-corrected chi connectivity index (χ2v) is 12.3. The highest BCUT2D eigenvalue weighted by Gasteiger charge is 2.25. The van der Waals surface area contributed by atoms with Gasteiger partial charge in [0.15, 0.2) is 0 Å². The average Bonchev–Trinajstić information content (AvgIpc) is 2.94. The van der Waals surface area contributed by atoms with Crippen molar-refractivity contribution in [3.05, 3.63) is 46.6 Å². The van der Waals surface area contributed by atoms with E-state index in [1.165, 1.54) is 22.3 Å². The van der Waals surface area contributed by atoms with E-state index in [9.17, 15) is 9.59 Å². The van der Waals surface area contributed by atoms with Crippen LogP contribution in [0.2, 0.25) is 0 Å². The number of esters is 2. The second-order valence-electron chi connectivity index (χ2n) is 12.3. The van der Waals surface area contributed by atoms with Crippen LogP contribution in [0.25, 0.3) is 0 Å². The van der Waals surface area contributed by atoms with Crippen LogP contribution >= 0.6 is 0 Å². The second kappa shape index (κ2) is 17.6. The Kier molecular flexibility index (Phi) is 14.2. The molecular formula is C34H54N2O4. The highest BCUT2D eigenvalue weighted by molar-refractivity contribution is 5.73. The number of carbonyl (C=O) groups excluding carboxylic acids is 2. The fourth-order valence-electron chi connectivity index (χ4n) is 5.77. The minimum atomic E-state index is -0.0338. The molecule has 0 aromatic carbocycles. The number of hydrogen-bond donors (Lipinski definition) is 0. The molecular weight excluding hydrogens is 500 g/mol. The van der Waals surface area contributed by atoms with Crippen molar-refractivity contribution in [2.24, 2.45) is 11.8 Å². The minimum absolute atomic E-state index is 0.0194. The predicted molar refractivity (Wildman–Crippen MR) is 163 cm³/mol. The number of hydrogen-bond acceptors (Lipinski definition) is 6. The highest BCUT2D eigenvalue weighted by Crippen LogP contribution is 2.28. The Hall–Kier alpha value is -2.18. The lowest BCUT2D eigenvalue weighted by Gasteiger charge is -2.34. The first-order valence-corrected chi connectivity index (χ1v) is 15.7. The Morgan fingerprint density at radius 2 is 1.12 bits per heavy atom. The smallest absolute Gasteiger partial charge is 0.309 e. The maximum absolute atomic E-state index is 12.5. The van der Waals surface area contributed by atoms with Gasteiger partial charge in [-0.05, 0) is 91.9 Å². The molecule has 1 heterocycles. The molecule has 0 radical (unpaired) electrons. The Balaban J connectivity index is 1.21. The maximum atomic E-state index is 12.5. The zero-order valence-electron chi connectivity index (χ0n) is 25.7. The van der Waals surface area contributed by atoms with Crippen molar-refractivity contribution in [3.63, 3.8) is 0 Å². The third-order valence-electron chi connectivity index (χ3n) is 8.48. The molecule has 1 saturated heterocycles. The fraction of sp³-hybridized carbons (Fsp3) is 0.706. The van der Waals surface area contributed by atoms with E-state index in [-0.39, 0.29) is 23.8 Å². The van der Waals surface area contributed by atoms with Crippen LogP contribution < -0.4 is 0 Å². The Bertz CT molecular complexity index is 856. The zero-order valence-corrected chi connectivity index (χ0v) is 25.7. The van der Waals surface area contributed by atoms with Crippen LogP contribution in [0.15, 0.2) is 46.6 Å². The average molecular weight is 555 g/mol. The molecule has 2 unspecified atom stereocenters. The first-order valence-electron chi connectivity index (χ1n) is 15.7. The standard InChI is InChI=1S/C34H54N2O4/c1-27(2)7-5-9-29-11-15-31(16-12-29)33(37)39-25-23-35-19-21-36(22-20-35)24-26-40-34(38)32-17-13-30(14-18-32)10-6-8-28(3)4/h7-8,11,13,31-32H,5-6,9-10,12,14-26H2,1-4H3. The highest BCUT2D eigenvalue weighted by atomic mass is 16.5. The quantitative estimate of drug-likeness (QED) is 0.177. The molecule has 6 nitrogen and oxygen atoms in total. The van der Waals surface area contributed by atoms with Gasteiger partial charge in [0.25, 0.3) is 0 Å². The van der Waals surface area contributed by atoms with Crippen molar-refractivity contribution in [2.45, 2.75) is 91.9 Å². The normalized spacial score (nSPS) is 22.1. The number of carbonyl (C=O) groups is 2. The number of ether oxygens (including phenoxy) is 2. The molecule has 40 heavy (non-hydrogen) atoms. The molecule has 3 rings (SSSR count). The molecule has 6 heteroatoms.